The number of hydrogen-bond donors (Lipinski definition) is 6. The summed E-state index contributed by atoms with van der Waals surface area (Å²) in [5, 5.41) is 26.6. The number of aliphatic hydroxyl groups is 2. The van der Waals surface area contributed by atoms with Crippen molar-refractivity contribution in [1.82, 2.24) is 4.90 Å². The van der Waals surface area contributed by atoms with E-state index in [9.17, 15) is 14.4 Å². The van der Waals surface area contributed by atoms with Gasteiger partial charge in [0.25, 0.3) is 0 Å². The number of thiol groups is 1. The van der Waals surface area contributed by atoms with Gasteiger partial charge in [0.1, 0.15) is 6.04 Å². The van der Waals surface area contributed by atoms with E-state index in [4.69, 9.17) is 26.8 Å². The van der Waals surface area contributed by atoms with Crippen molar-refractivity contribution >= 4 is 30.4 Å². The molecule has 0 heterocycles. The van der Waals surface area contributed by atoms with Crippen molar-refractivity contribution in [3.05, 3.63) is 0 Å². The second-order valence-electron chi connectivity index (χ2n) is 3.66. The molecule has 2 amide bonds. The highest BCUT2D eigenvalue weighted by Gasteiger charge is 2.38. The zero-order chi connectivity index (χ0) is 15.2. The van der Waals surface area contributed by atoms with Crippen LogP contribution in [0.5, 0.6) is 0 Å². The molecule has 0 aromatic carbocycles. The van der Waals surface area contributed by atoms with Gasteiger partial charge in [-0.2, -0.15) is 12.6 Å². The van der Waals surface area contributed by atoms with Gasteiger partial charge in [-0.25, -0.2) is 4.79 Å². The molecule has 19 heavy (non-hydrogen) atoms. The number of carbonyl (C=O) groups is 3. The van der Waals surface area contributed by atoms with Crippen LogP contribution in [0, 0.1) is 0 Å². The molecule has 0 aliphatic heterocycles. The Morgan fingerprint density at radius 2 is 1.53 bits per heavy atom. The predicted octanol–water partition coefficient (Wildman–Crippen LogP) is -3.64. The number of carbonyl (C=O) groups excluding carboxylic acids is 2. The first-order chi connectivity index (χ1) is 8.81. The van der Waals surface area contributed by atoms with Crippen molar-refractivity contribution in [2.24, 2.45) is 11.5 Å². The van der Waals surface area contributed by atoms with Crippen molar-refractivity contribution in [3.63, 3.8) is 0 Å². The normalized spacial score (nSPS) is 15.4. The zero-order valence-electron chi connectivity index (χ0n) is 9.97. The van der Waals surface area contributed by atoms with Gasteiger partial charge in [0, 0.05) is 5.75 Å². The maximum absolute atomic E-state index is 11.9. The number of hydrogen-bond acceptors (Lipinski definition) is 8. The number of imide groups is 1. The molecule has 0 saturated carbocycles. The van der Waals surface area contributed by atoms with Crippen molar-refractivity contribution in [1.29, 1.82) is 0 Å². The Kier molecular flexibility index (Phi) is 7.56. The summed E-state index contributed by atoms with van der Waals surface area (Å²) in [5.41, 5.74) is 10.7. The largest absolute Gasteiger partial charge is 0.480 e. The Bertz CT molecular complexity index is 331. The van der Waals surface area contributed by atoms with Crippen LogP contribution in [0.2, 0.25) is 0 Å². The summed E-state index contributed by atoms with van der Waals surface area (Å²) in [6, 6.07) is -4.53. The van der Waals surface area contributed by atoms with E-state index in [1.807, 2.05) is 0 Å². The molecule has 0 bridgehead atoms. The van der Waals surface area contributed by atoms with E-state index in [1.54, 1.807) is 0 Å². The molecule has 110 valence electrons. The Labute approximate surface area is 114 Å². The number of amides is 2. The zero-order valence-corrected chi connectivity index (χ0v) is 10.9. The van der Waals surface area contributed by atoms with Gasteiger partial charge in [0.15, 0.2) is 6.04 Å². The maximum atomic E-state index is 11.9. The number of nitrogens with zero attached hydrogens (tertiary/aromatic N) is 1. The third-order valence-electron chi connectivity index (χ3n) is 2.27. The molecule has 0 aromatic heterocycles. The summed E-state index contributed by atoms with van der Waals surface area (Å²) >= 11 is 3.77. The van der Waals surface area contributed by atoms with Crippen LogP contribution in [-0.4, -0.2) is 75.1 Å². The molecule has 0 radical (unpaired) electrons. The Hall–Kier alpha value is -1.20. The van der Waals surface area contributed by atoms with Crippen LogP contribution in [0.15, 0.2) is 0 Å². The monoisotopic (exact) mass is 295 g/mol. The van der Waals surface area contributed by atoms with E-state index in [0.717, 1.165) is 0 Å². The second-order valence-corrected chi connectivity index (χ2v) is 4.03. The average molecular weight is 295 g/mol. The summed E-state index contributed by atoms with van der Waals surface area (Å²) in [7, 11) is 0. The Morgan fingerprint density at radius 3 is 1.84 bits per heavy atom. The average Bonchev–Trinajstić information content (AvgIpc) is 2.40. The van der Waals surface area contributed by atoms with E-state index in [0.29, 0.717) is 0 Å². The highest BCUT2D eigenvalue weighted by atomic mass is 32.1. The summed E-state index contributed by atoms with van der Waals surface area (Å²) < 4.78 is 0. The van der Waals surface area contributed by atoms with Gasteiger partial charge in [-0.15, -0.1) is 0 Å². The van der Waals surface area contributed by atoms with Crippen LogP contribution in [0.25, 0.3) is 0 Å². The third kappa shape index (κ3) is 4.44. The van der Waals surface area contributed by atoms with Gasteiger partial charge in [0.05, 0.1) is 19.3 Å². The molecule has 0 aliphatic rings. The van der Waals surface area contributed by atoms with E-state index in [-0.39, 0.29) is 10.7 Å². The molecular formula is C9H17N3O6S. The molecule has 10 heteroatoms. The predicted molar refractivity (Wildman–Crippen MR) is 67.3 cm³/mol. The van der Waals surface area contributed by atoms with E-state index >= 15 is 0 Å². The summed E-state index contributed by atoms with van der Waals surface area (Å²) in [6.45, 7) is -1.78. The molecule has 0 rings (SSSR count). The minimum absolute atomic E-state index is 0.130. The van der Waals surface area contributed by atoms with Gasteiger partial charge in [-0.3, -0.25) is 14.5 Å². The van der Waals surface area contributed by atoms with Gasteiger partial charge in [-0.05, 0) is 0 Å². The van der Waals surface area contributed by atoms with Crippen molar-refractivity contribution < 1.29 is 29.7 Å². The van der Waals surface area contributed by atoms with Crippen LogP contribution < -0.4 is 11.5 Å². The van der Waals surface area contributed by atoms with E-state index in [1.165, 1.54) is 0 Å². The lowest BCUT2D eigenvalue weighted by Gasteiger charge is -2.29. The standard InChI is InChI=1S/C9H17N3O6S/c10-4(1-13)7(15)12(6(2-14)9(17)18)8(16)5(11)3-19/h4-6,13-14,19H,1-3,10-11H2,(H,17,18). The summed E-state index contributed by atoms with van der Waals surface area (Å²) in [5.74, 6) is -3.90. The van der Waals surface area contributed by atoms with Crippen LogP contribution in [0.4, 0.5) is 0 Å². The molecule has 0 spiro atoms. The molecule has 3 unspecified atom stereocenters. The number of carboxylic acid groups (broad SMARTS) is 1. The molecule has 0 aromatic rings. The maximum Gasteiger partial charge on any atom is 0.329 e. The van der Waals surface area contributed by atoms with E-state index in [2.05, 4.69) is 12.6 Å². The SMILES string of the molecule is NC(CO)C(=O)N(C(=O)C(N)CS)C(CO)C(=O)O. The second kappa shape index (κ2) is 8.07. The molecule has 0 saturated heterocycles. The number of aliphatic carboxylic acids is 1. The van der Waals surface area contributed by atoms with Crippen molar-refractivity contribution in [3.8, 4) is 0 Å². The van der Waals surface area contributed by atoms with Gasteiger partial charge < -0.3 is 26.8 Å². The van der Waals surface area contributed by atoms with Gasteiger partial charge in [0.2, 0.25) is 11.8 Å². The van der Waals surface area contributed by atoms with E-state index < -0.39 is 49.1 Å². The number of nitrogens with two attached hydrogens (primary N) is 2. The topological polar surface area (TPSA) is 167 Å². The first-order valence-corrected chi connectivity index (χ1v) is 5.88. The highest BCUT2D eigenvalue weighted by Crippen LogP contribution is 2.06. The quantitative estimate of drug-likeness (QED) is 0.261. The third-order valence-corrected chi connectivity index (χ3v) is 2.67. The lowest BCUT2D eigenvalue weighted by Crippen LogP contribution is -2.60. The van der Waals surface area contributed by atoms with Crippen LogP contribution in [0.3, 0.4) is 0 Å². The minimum Gasteiger partial charge on any atom is -0.480 e. The molecule has 0 aliphatic carbocycles. The fourth-order valence-electron chi connectivity index (χ4n) is 1.20. The minimum atomic E-state index is -1.82. The van der Waals surface area contributed by atoms with Gasteiger partial charge >= 0.3 is 5.97 Å². The van der Waals surface area contributed by atoms with Crippen LogP contribution in [0.1, 0.15) is 0 Å². The summed E-state index contributed by atoms with van der Waals surface area (Å²) in [6.07, 6.45) is 0. The molecule has 7 N–H and O–H groups in total. The smallest absolute Gasteiger partial charge is 0.329 e. The number of aliphatic hydroxyl groups excluding tert-OH is 2. The van der Waals surface area contributed by atoms with Crippen molar-refractivity contribution in [2.75, 3.05) is 19.0 Å². The molecular weight excluding hydrogens is 278 g/mol. The van der Waals surface area contributed by atoms with Crippen LogP contribution >= 0.6 is 12.6 Å². The fraction of sp³-hybridized carbons (Fsp3) is 0.667. The fourth-order valence-corrected chi connectivity index (χ4v) is 1.36. The molecule has 9 nitrogen and oxygen atoms in total. The lowest BCUT2D eigenvalue weighted by atomic mass is 10.1. The highest BCUT2D eigenvalue weighted by molar-refractivity contribution is 7.80. The first kappa shape index (κ1) is 17.8. The Balaban J connectivity index is 5.41. The summed E-state index contributed by atoms with van der Waals surface area (Å²) in [4.78, 5) is 34.9. The van der Waals surface area contributed by atoms with Crippen LogP contribution in [-0.2, 0) is 14.4 Å². The Morgan fingerprint density at radius 1 is 1.05 bits per heavy atom. The molecule has 0 fully saturated rings. The molecule has 3 atom stereocenters. The lowest BCUT2D eigenvalue weighted by molar-refractivity contribution is -0.161. The number of carboxylic acids is 1. The number of rotatable bonds is 7. The van der Waals surface area contributed by atoms with Crippen molar-refractivity contribution in [2.45, 2.75) is 18.1 Å². The van der Waals surface area contributed by atoms with Gasteiger partial charge in [-0.1, -0.05) is 0 Å². The first-order valence-electron chi connectivity index (χ1n) is 5.25.